The molecule has 120 valence electrons. The topological polar surface area (TPSA) is 20.0 Å². The summed E-state index contributed by atoms with van der Waals surface area (Å²) in [6.07, 6.45) is 1.72. The minimum atomic E-state index is -0.233. The van der Waals surface area contributed by atoms with Gasteiger partial charge in [0, 0.05) is 10.6 Å². The maximum Gasteiger partial charge on any atom is 0.123 e. The molecule has 0 saturated carbocycles. The van der Waals surface area contributed by atoms with E-state index in [9.17, 15) is 4.39 Å². The van der Waals surface area contributed by atoms with Crippen molar-refractivity contribution in [2.24, 2.45) is 5.10 Å². The van der Waals surface area contributed by atoms with E-state index in [4.69, 9.17) is 11.6 Å². The Bertz CT molecular complexity index is 681. The maximum atomic E-state index is 13.1. The Balaban J connectivity index is 1.51. The molecule has 1 saturated heterocycles. The fourth-order valence-corrected chi connectivity index (χ4v) is 2.95. The summed E-state index contributed by atoms with van der Waals surface area (Å²) in [5.74, 6) is -0.233. The third-order valence-electron chi connectivity index (χ3n) is 4.06. The summed E-state index contributed by atoms with van der Waals surface area (Å²) in [6, 6.07) is 14.5. The first-order valence-corrected chi connectivity index (χ1v) is 8.20. The van der Waals surface area contributed by atoms with Crippen molar-refractivity contribution in [3.63, 3.8) is 0 Å². The van der Waals surface area contributed by atoms with Crippen molar-refractivity contribution in [1.82, 2.24) is 5.01 Å². The van der Waals surface area contributed by atoms with Gasteiger partial charge in [0.2, 0.25) is 0 Å². The Kier molecular flexibility index (Phi) is 5.26. The van der Waals surface area contributed by atoms with E-state index in [0.717, 1.165) is 43.3 Å². The molecule has 3 rings (SSSR count). The minimum Gasteiger partial charge on any atom is -0.328 e. The number of rotatable bonds is 4. The Morgan fingerprint density at radius 1 is 1.13 bits per heavy atom. The van der Waals surface area contributed by atoms with Crippen LogP contribution in [-0.4, -0.2) is 37.4 Å². The number of hydrazone groups is 1. The molecule has 1 fully saturated rings. The monoisotopic (exact) mass is 332 g/mol. The lowest BCUT2D eigenvalue weighted by Crippen LogP contribution is -3.13. The highest BCUT2D eigenvalue weighted by molar-refractivity contribution is 6.31. The lowest BCUT2D eigenvalue weighted by atomic mass is 10.2. The second-order valence-corrected chi connectivity index (χ2v) is 6.18. The van der Waals surface area contributed by atoms with Crippen LogP contribution in [0.25, 0.3) is 0 Å². The van der Waals surface area contributed by atoms with Gasteiger partial charge in [0.15, 0.2) is 0 Å². The maximum absolute atomic E-state index is 13.1. The number of nitrogens with zero attached hydrogens (tertiary/aromatic N) is 2. The predicted octanol–water partition coefficient (Wildman–Crippen LogP) is 2.21. The third kappa shape index (κ3) is 4.53. The van der Waals surface area contributed by atoms with Gasteiger partial charge in [0.1, 0.15) is 12.4 Å². The average molecular weight is 333 g/mol. The molecule has 0 atom stereocenters. The van der Waals surface area contributed by atoms with Crippen molar-refractivity contribution in [2.45, 2.75) is 6.54 Å². The zero-order chi connectivity index (χ0) is 16.1. The molecule has 1 aliphatic heterocycles. The van der Waals surface area contributed by atoms with Gasteiger partial charge in [0.25, 0.3) is 0 Å². The van der Waals surface area contributed by atoms with E-state index in [1.165, 1.54) is 22.6 Å². The molecule has 1 N–H and O–H groups in total. The first-order chi connectivity index (χ1) is 11.2. The van der Waals surface area contributed by atoms with Gasteiger partial charge in [-0.2, -0.15) is 5.10 Å². The van der Waals surface area contributed by atoms with Crippen LogP contribution in [0, 0.1) is 5.82 Å². The van der Waals surface area contributed by atoms with Gasteiger partial charge in [-0.25, -0.2) is 4.39 Å². The van der Waals surface area contributed by atoms with E-state index in [1.807, 2.05) is 29.3 Å². The molecule has 2 aromatic carbocycles. The van der Waals surface area contributed by atoms with Gasteiger partial charge in [0.05, 0.1) is 32.4 Å². The summed E-state index contributed by atoms with van der Waals surface area (Å²) in [5, 5.41) is 7.34. The number of quaternary nitrogens is 1. The Morgan fingerprint density at radius 3 is 2.65 bits per heavy atom. The first kappa shape index (κ1) is 16.0. The minimum absolute atomic E-state index is 0.233. The largest absolute Gasteiger partial charge is 0.328 e. The van der Waals surface area contributed by atoms with Crippen LogP contribution in [0.4, 0.5) is 4.39 Å². The van der Waals surface area contributed by atoms with Crippen molar-refractivity contribution in [3.05, 3.63) is 70.5 Å². The third-order valence-corrected chi connectivity index (χ3v) is 4.43. The lowest BCUT2D eigenvalue weighted by molar-refractivity contribution is -0.918. The molecule has 5 heteroatoms. The normalized spacial score (nSPS) is 16.2. The summed E-state index contributed by atoms with van der Waals surface area (Å²) in [5.41, 5.74) is 1.98. The van der Waals surface area contributed by atoms with Crippen LogP contribution in [-0.2, 0) is 6.54 Å². The number of nitrogens with one attached hydrogen (secondary N) is 1. The zero-order valence-corrected chi connectivity index (χ0v) is 13.6. The molecule has 1 aliphatic rings. The van der Waals surface area contributed by atoms with Crippen LogP contribution in [0.15, 0.2) is 53.6 Å². The molecule has 0 aliphatic carbocycles. The molecule has 0 bridgehead atoms. The van der Waals surface area contributed by atoms with Crippen LogP contribution in [0.3, 0.4) is 0 Å². The molecule has 0 aromatic heterocycles. The first-order valence-electron chi connectivity index (χ1n) is 7.82. The fourth-order valence-electron chi connectivity index (χ4n) is 2.75. The number of hydrogen-bond acceptors (Lipinski definition) is 2. The van der Waals surface area contributed by atoms with Gasteiger partial charge in [-0.15, -0.1) is 0 Å². The average Bonchev–Trinajstić information content (AvgIpc) is 2.56. The molecule has 0 radical (unpaired) electrons. The molecule has 0 amide bonds. The quantitative estimate of drug-likeness (QED) is 0.851. The summed E-state index contributed by atoms with van der Waals surface area (Å²) in [7, 11) is 0. The summed E-state index contributed by atoms with van der Waals surface area (Å²) < 4.78 is 13.1. The highest BCUT2D eigenvalue weighted by Crippen LogP contribution is 2.13. The fraction of sp³-hybridized carbons (Fsp3) is 0.278. The van der Waals surface area contributed by atoms with Crippen molar-refractivity contribution >= 4 is 17.8 Å². The second-order valence-electron chi connectivity index (χ2n) is 5.77. The Morgan fingerprint density at radius 2 is 1.91 bits per heavy atom. The molecule has 0 unspecified atom stereocenters. The number of halogens is 2. The standard InChI is InChI=1S/C18H19ClFN3/c19-18-7-2-1-5-16(18)14-22-8-10-23(11-9-22)21-13-15-4-3-6-17(20)12-15/h1-7,12-13H,8-11,14H2/p+1/b21-13-. The van der Waals surface area contributed by atoms with Crippen LogP contribution >= 0.6 is 11.6 Å². The van der Waals surface area contributed by atoms with E-state index < -0.39 is 0 Å². The number of hydrogen-bond donors (Lipinski definition) is 1. The molecule has 2 aromatic rings. The van der Waals surface area contributed by atoms with Crippen LogP contribution in [0.5, 0.6) is 0 Å². The summed E-state index contributed by atoms with van der Waals surface area (Å²) in [4.78, 5) is 1.51. The van der Waals surface area contributed by atoms with Crippen molar-refractivity contribution in [1.29, 1.82) is 0 Å². The Hall–Kier alpha value is -1.91. The van der Waals surface area contributed by atoms with Gasteiger partial charge in [-0.3, -0.25) is 5.01 Å². The number of benzene rings is 2. The molecular formula is C18H20ClFN3+. The summed E-state index contributed by atoms with van der Waals surface area (Å²) >= 11 is 6.22. The van der Waals surface area contributed by atoms with E-state index in [1.54, 1.807) is 12.3 Å². The smallest absolute Gasteiger partial charge is 0.123 e. The van der Waals surface area contributed by atoms with Gasteiger partial charge in [-0.1, -0.05) is 41.9 Å². The molecule has 0 spiro atoms. The lowest BCUT2D eigenvalue weighted by Gasteiger charge is -2.30. The van der Waals surface area contributed by atoms with Crippen molar-refractivity contribution in [3.8, 4) is 0 Å². The van der Waals surface area contributed by atoms with E-state index >= 15 is 0 Å². The van der Waals surface area contributed by atoms with Crippen LogP contribution in [0.2, 0.25) is 5.02 Å². The van der Waals surface area contributed by atoms with E-state index in [2.05, 4.69) is 11.2 Å². The SMILES string of the molecule is Fc1cccc(/C=N\N2CC[NH+](Cc3ccccc3Cl)CC2)c1. The van der Waals surface area contributed by atoms with Gasteiger partial charge < -0.3 is 4.90 Å². The van der Waals surface area contributed by atoms with E-state index in [0.29, 0.717) is 0 Å². The second kappa shape index (κ2) is 7.57. The van der Waals surface area contributed by atoms with Gasteiger partial charge in [-0.05, 0) is 23.8 Å². The molecular weight excluding hydrogens is 313 g/mol. The number of piperazine rings is 1. The highest BCUT2D eigenvalue weighted by Gasteiger charge is 2.19. The summed E-state index contributed by atoms with van der Waals surface area (Å²) in [6.45, 7) is 4.77. The highest BCUT2D eigenvalue weighted by atomic mass is 35.5. The zero-order valence-electron chi connectivity index (χ0n) is 12.9. The van der Waals surface area contributed by atoms with Crippen LogP contribution < -0.4 is 4.90 Å². The predicted molar refractivity (Wildman–Crippen MR) is 91.4 cm³/mol. The van der Waals surface area contributed by atoms with Crippen molar-refractivity contribution in [2.75, 3.05) is 26.2 Å². The van der Waals surface area contributed by atoms with Crippen LogP contribution in [0.1, 0.15) is 11.1 Å². The van der Waals surface area contributed by atoms with Gasteiger partial charge >= 0.3 is 0 Å². The Labute approximate surface area is 141 Å². The molecule has 1 heterocycles. The molecule has 3 nitrogen and oxygen atoms in total. The van der Waals surface area contributed by atoms with E-state index in [-0.39, 0.29) is 5.82 Å². The molecule has 23 heavy (non-hydrogen) atoms. The van der Waals surface area contributed by atoms with Crippen molar-refractivity contribution < 1.29 is 9.29 Å².